The van der Waals surface area contributed by atoms with Crippen LogP contribution >= 0.6 is 0 Å². The van der Waals surface area contributed by atoms with Gasteiger partial charge in [0.15, 0.2) is 17.0 Å². The smallest absolute Gasteiger partial charge is 0.326 e. The van der Waals surface area contributed by atoms with Gasteiger partial charge >= 0.3 is 11.9 Å². The molecule has 1 amide bonds. The molecular weight excluding hydrogens is 456 g/mol. The molecule has 1 atom stereocenters. The number of rotatable bonds is 8. The maximum atomic E-state index is 12.7. The van der Waals surface area contributed by atoms with Crippen molar-refractivity contribution in [2.24, 2.45) is 0 Å². The van der Waals surface area contributed by atoms with E-state index in [1.807, 2.05) is 6.07 Å². The molecule has 3 aromatic rings. The van der Waals surface area contributed by atoms with Gasteiger partial charge in [-0.15, -0.1) is 0 Å². The predicted octanol–water partition coefficient (Wildman–Crippen LogP) is 0.585. The molecule has 0 aliphatic carbocycles. The zero-order valence-corrected chi connectivity index (χ0v) is 18.6. The van der Waals surface area contributed by atoms with Gasteiger partial charge in [-0.1, -0.05) is 0 Å². The molecule has 0 bridgehead atoms. The summed E-state index contributed by atoms with van der Waals surface area (Å²) >= 11 is 0. The van der Waals surface area contributed by atoms with Crippen molar-refractivity contribution in [1.82, 2.24) is 25.3 Å². The zero-order chi connectivity index (χ0) is 25.1. The van der Waals surface area contributed by atoms with Crippen LogP contribution < -0.4 is 21.7 Å². The number of aliphatic carboxylic acids is 2. The van der Waals surface area contributed by atoms with Crippen molar-refractivity contribution < 1.29 is 24.6 Å². The largest absolute Gasteiger partial charge is 0.481 e. The minimum atomic E-state index is -1.29. The fourth-order valence-corrected chi connectivity index (χ4v) is 4.00. The molecule has 1 aromatic carbocycles. The third-order valence-electron chi connectivity index (χ3n) is 5.66. The highest BCUT2D eigenvalue weighted by Crippen LogP contribution is 2.29. The Kier molecular flexibility index (Phi) is 6.57. The molecule has 3 heterocycles. The molecule has 13 heteroatoms. The number of amides is 1. The number of aromatic nitrogens is 4. The highest BCUT2D eigenvalue weighted by molar-refractivity contribution is 5.97. The van der Waals surface area contributed by atoms with Crippen LogP contribution in [-0.2, 0) is 22.6 Å². The summed E-state index contributed by atoms with van der Waals surface area (Å²) < 4.78 is 0. The van der Waals surface area contributed by atoms with Crippen LogP contribution in [0.25, 0.3) is 11.2 Å². The number of benzene rings is 1. The fraction of sp³-hybridized carbons (Fsp3) is 0.318. The molecule has 1 aliphatic heterocycles. The van der Waals surface area contributed by atoms with Crippen molar-refractivity contribution in [3.05, 3.63) is 41.2 Å². The van der Waals surface area contributed by atoms with Gasteiger partial charge in [-0.2, -0.15) is 9.97 Å². The summed E-state index contributed by atoms with van der Waals surface area (Å²) in [5.41, 5.74) is 15.0. The van der Waals surface area contributed by atoms with Gasteiger partial charge in [0.05, 0.1) is 18.4 Å². The number of nitrogens with zero attached hydrogens (tertiary/aromatic N) is 5. The van der Waals surface area contributed by atoms with E-state index in [9.17, 15) is 19.5 Å². The first-order valence-electron chi connectivity index (χ1n) is 10.9. The maximum absolute atomic E-state index is 12.7. The molecule has 0 saturated heterocycles. The SMILES string of the molecule is Nc1nc(N)c2nc(CN3CCCc4cc(C(=O)N[C@@H](CCC(=O)O)C(=O)O)ccc43)cnc2n1. The van der Waals surface area contributed by atoms with Gasteiger partial charge < -0.3 is 31.9 Å². The van der Waals surface area contributed by atoms with E-state index < -0.39 is 23.9 Å². The first-order chi connectivity index (χ1) is 16.7. The molecule has 1 aliphatic rings. The fourth-order valence-electron chi connectivity index (χ4n) is 4.00. The van der Waals surface area contributed by atoms with E-state index in [0.29, 0.717) is 29.0 Å². The molecular formula is C22H24N8O5. The second-order valence-electron chi connectivity index (χ2n) is 8.17. The van der Waals surface area contributed by atoms with Crippen LogP contribution in [0.15, 0.2) is 24.4 Å². The molecule has 35 heavy (non-hydrogen) atoms. The lowest BCUT2D eigenvalue weighted by atomic mass is 9.98. The average Bonchev–Trinajstić information content (AvgIpc) is 2.81. The summed E-state index contributed by atoms with van der Waals surface area (Å²) in [7, 11) is 0. The number of carbonyl (C=O) groups excluding carboxylic acids is 1. The van der Waals surface area contributed by atoms with Crippen LogP contribution in [0.2, 0.25) is 0 Å². The Hall–Kier alpha value is -4.55. The first-order valence-corrected chi connectivity index (χ1v) is 10.9. The Balaban J connectivity index is 1.51. The molecule has 0 spiro atoms. The number of carboxylic acids is 2. The van der Waals surface area contributed by atoms with E-state index in [1.54, 1.807) is 18.3 Å². The van der Waals surface area contributed by atoms with Gasteiger partial charge in [0.1, 0.15) is 6.04 Å². The van der Waals surface area contributed by atoms with E-state index in [0.717, 1.165) is 30.6 Å². The maximum Gasteiger partial charge on any atom is 0.326 e. The highest BCUT2D eigenvalue weighted by atomic mass is 16.4. The summed E-state index contributed by atoms with van der Waals surface area (Å²) in [5.74, 6) is -2.81. The van der Waals surface area contributed by atoms with Gasteiger partial charge in [0.25, 0.3) is 5.91 Å². The van der Waals surface area contributed by atoms with Crippen molar-refractivity contribution in [2.75, 3.05) is 22.9 Å². The average molecular weight is 480 g/mol. The van der Waals surface area contributed by atoms with Crippen molar-refractivity contribution in [3.63, 3.8) is 0 Å². The van der Waals surface area contributed by atoms with Crippen LogP contribution in [0.5, 0.6) is 0 Å². The molecule has 0 saturated carbocycles. The second kappa shape index (κ2) is 9.75. The minimum absolute atomic E-state index is 0.0263. The number of anilines is 3. The Morgan fingerprint density at radius 2 is 1.94 bits per heavy atom. The predicted molar refractivity (Wildman–Crippen MR) is 126 cm³/mol. The third kappa shape index (κ3) is 5.34. The molecule has 0 unspecified atom stereocenters. The van der Waals surface area contributed by atoms with E-state index in [2.05, 4.69) is 30.2 Å². The summed E-state index contributed by atoms with van der Waals surface area (Å²) in [6.45, 7) is 1.21. The molecule has 13 nitrogen and oxygen atoms in total. The number of aryl methyl sites for hydroxylation is 1. The lowest BCUT2D eigenvalue weighted by Gasteiger charge is -2.31. The van der Waals surface area contributed by atoms with E-state index in [1.165, 1.54) is 0 Å². The van der Waals surface area contributed by atoms with E-state index in [4.69, 9.17) is 16.6 Å². The number of carbonyl (C=O) groups is 3. The van der Waals surface area contributed by atoms with Crippen LogP contribution in [0, 0.1) is 0 Å². The van der Waals surface area contributed by atoms with Gasteiger partial charge in [0.2, 0.25) is 5.95 Å². The third-order valence-corrected chi connectivity index (χ3v) is 5.66. The van der Waals surface area contributed by atoms with Crippen molar-refractivity contribution in [3.8, 4) is 0 Å². The molecule has 182 valence electrons. The lowest BCUT2D eigenvalue weighted by Crippen LogP contribution is -2.41. The van der Waals surface area contributed by atoms with Crippen LogP contribution in [-0.4, -0.2) is 60.6 Å². The Bertz CT molecular complexity index is 1310. The van der Waals surface area contributed by atoms with E-state index in [-0.39, 0.29) is 24.6 Å². The topological polar surface area (TPSA) is 211 Å². The summed E-state index contributed by atoms with van der Waals surface area (Å²) in [5, 5.41) is 20.5. The molecule has 2 aromatic heterocycles. The van der Waals surface area contributed by atoms with Crippen molar-refractivity contribution >= 4 is 46.5 Å². The van der Waals surface area contributed by atoms with Crippen molar-refractivity contribution in [1.29, 1.82) is 0 Å². The molecule has 0 radical (unpaired) electrons. The molecule has 4 rings (SSSR count). The standard InChI is InChI=1S/C22H24N8O5/c23-18-17-19(29-22(24)28-18)25-9-13(26-17)10-30-7-1-2-11-8-12(3-5-15(11)30)20(33)27-14(21(34)35)4-6-16(31)32/h3,5,8-9,14H,1-2,4,6-7,10H2,(H,27,33)(H,31,32)(H,34,35)(H4,23,24,25,28,29)/t14-/m0/s1. The number of hydrogen-bond donors (Lipinski definition) is 5. The number of nitrogens with two attached hydrogens (primary N) is 2. The summed E-state index contributed by atoms with van der Waals surface area (Å²) in [4.78, 5) is 53.7. The van der Waals surface area contributed by atoms with Crippen LogP contribution in [0.4, 0.5) is 17.5 Å². The van der Waals surface area contributed by atoms with Gasteiger partial charge in [-0.25, -0.2) is 14.8 Å². The quantitative estimate of drug-likeness (QED) is 0.300. The Labute approximate surface area is 199 Å². The monoisotopic (exact) mass is 480 g/mol. The first kappa shape index (κ1) is 23.6. The van der Waals surface area contributed by atoms with Gasteiger partial charge in [-0.3, -0.25) is 9.59 Å². The Morgan fingerprint density at radius 1 is 1.14 bits per heavy atom. The minimum Gasteiger partial charge on any atom is -0.481 e. The van der Waals surface area contributed by atoms with Gasteiger partial charge in [-0.05, 0) is 43.0 Å². The van der Waals surface area contributed by atoms with Crippen LogP contribution in [0.1, 0.15) is 40.9 Å². The Morgan fingerprint density at radius 3 is 2.69 bits per heavy atom. The molecule has 7 N–H and O–H groups in total. The zero-order valence-electron chi connectivity index (χ0n) is 18.6. The highest BCUT2D eigenvalue weighted by Gasteiger charge is 2.24. The lowest BCUT2D eigenvalue weighted by molar-refractivity contribution is -0.140. The van der Waals surface area contributed by atoms with Gasteiger partial charge in [0, 0.05) is 24.2 Å². The second-order valence-corrected chi connectivity index (χ2v) is 8.17. The number of carboxylic acid groups (broad SMARTS) is 2. The van der Waals surface area contributed by atoms with E-state index >= 15 is 0 Å². The summed E-state index contributed by atoms with van der Waals surface area (Å²) in [6.07, 6.45) is 2.63. The van der Waals surface area contributed by atoms with Crippen molar-refractivity contribution in [2.45, 2.75) is 38.3 Å². The number of nitrogen functional groups attached to an aromatic ring is 2. The summed E-state index contributed by atoms with van der Waals surface area (Å²) in [6, 6.07) is 3.87. The normalized spacial score (nSPS) is 13.8. The number of hydrogen-bond acceptors (Lipinski definition) is 10. The molecule has 0 fully saturated rings. The number of nitrogens with one attached hydrogen (secondary N) is 1. The number of fused-ring (bicyclic) bond motifs is 2. The van der Waals surface area contributed by atoms with Crippen LogP contribution in [0.3, 0.4) is 0 Å².